The van der Waals surface area contributed by atoms with Crippen molar-refractivity contribution in [3.8, 4) is 0 Å². The molecule has 3 rings (SSSR count). The number of amides is 3. The molecule has 0 aliphatic carbocycles. The second-order valence-electron chi connectivity index (χ2n) is 6.33. The largest absolute Gasteiger partial charge is 0.341 e. The van der Waals surface area contributed by atoms with Crippen molar-refractivity contribution < 1.29 is 9.59 Å². The van der Waals surface area contributed by atoms with Gasteiger partial charge in [-0.05, 0) is 16.7 Å². The molecule has 3 amide bonds. The molecule has 142 valence electrons. The summed E-state index contributed by atoms with van der Waals surface area (Å²) >= 11 is 0. The van der Waals surface area contributed by atoms with Crippen molar-refractivity contribution in [1.29, 1.82) is 0 Å². The maximum atomic E-state index is 12.9. The number of nitrogens with one attached hydrogen (secondary N) is 3. The van der Waals surface area contributed by atoms with Gasteiger partial charge < -0.3 is 5.32 Å². The van der Waals surface area contributed by atoms with Crippen molar-refractivity contribution in [3.63, 3.8) is 0 Å². The molecule has 0 fully saturated rings. The second kappa shape index (κ2) is 9.48. The van der Waals surface area contributed by atoms with Crippen LogP contribution in [0.3, 0.4) is 0 Å². The molecule has 3 aromatic carbocycles. The SMILES string of the molecule is CNC(=O)NC(=O)C(NC(c1ccccc1)c1ccccc1)c1ccccc1. The molecule has 0 aliphatic rings. The molecule has 0 heterocycles. The Morgan fingerprint density at radius 1 is 0.679 bits per heavy atom. The van der Waals surface area contributed by atoms with E-state index in [-0.39, 0.29) is 6.04 Å². The molecule has 5 heteroatoms. The van der Waals surface area contributed by atoms with Crippen LogP contribution in [0.15, 0.2) is 91.0 Å². The lowest BCUT2D eigenvalue weighted by Gasteiger charge is -2.26. The zero-order valence-corrected chi connectivity index (χ0v) is 15.6. The van der Waals surface area contributed by atoms with Crippen LogP contribution in [0.2, 0.25) is 0 Å². The van der Waals surface area contributed by atoms with Crippen molar-refractivity contribution in [2.45, 2.75) is 12.1 Å². The van der Waals surface area contributed by atoms with Crippen LogP contribution in [0.25, 0.3) is 0 Å². The summed E-state index contributed by atoms with van der Waals surface area (Å²) in [7, 11) is 1.48. The molecule has 1 atom stereocenters. The van der Waals surface area contributed by atoms with Crippen LogP contribution < -0.4 is 16.0 Å². The molecule has 3 aromatic rings. The van der Waals surface area contributed by atoms with Gasteiger partial charge in [0.1, 0.15) is 6.04 Å². The summed E-state index contributed by atoms with van der Waals surface area (Å²) in [6.07, 6.45) is 0. The molecular weight excluding hydrogens is 350 g/mol. The van der Waals surface area contributed by atoms with E-state index in [1.165, 1.54) is 7.05 Å². The third kappa shape index (κ3) is 4.84. The van der Waals surface area contributed by atoms with Crippen LogP contribution >= 0.6 is 0 Å². The van der Waals surface area contributed by atoms with Crippen molar-refractivity contribution in [2.24, 2.45) is 0 Å². The molecule has 0 saturated heterocycles. The number of benzene rings is 3. The summed E-state index contributed by atoms with van der Waals surface area (Å²) in [6, 6.07) is 27.8. The van der Waals surface area contributed by atoms with Gasteiger partial charge in [0.25, 0.3) is 0 Å². The minimum absolute atomic E-state index is 0.219. The normalized spacial score (nSPS) is 11.6. The Bertz CT molecular complexity index is 859. The Hall–Kier alpha value is -3.44. The van der Waals surface area contributed by atoms with Crippen molar-refractivity contribution in [3.05, 3.63) is 108 Å². The van der Waals surface area contributed by atoms with Crippen LogP contribution in [0.1, 0.15) is 28.8 Å². The molecule has 0 spiro atoms. The number of carbonyl (C=O) groups is 2. The van der Waals surface area contributed by atoms with Crippen molar-refractivity contribution >= 4 is 11.9 Å². The highest BCUT2D eigenvalue weighted by Gasteiger charge is 2.26. The molecular formula is C23H23N3O2. The van der Waals surface area contributed by atoms with E-state index in [1.807, 2.05) is 91.0 Å². The van der Waals surface area contributed by atoms with Gasteiger partial charge in [-0.1, -0.05) is 91.0 Å². The van der Waals surface area contributed by atoms with Gasteiger partial charge in [0.05, 0.1) is 6.04 Å². The average molecular weight is 373 g/mol. The highest BCUT2D eigenvalue weighted by molar-refractivity contribution is 5.97. The number of urea groups is 1. The van der Waals surface area contributed by atoms with Gasteiger partial charge in [-0.2, -0.15) is 0 Å². The Morgan fingerprint density at radius 2 is 1.11 bits per heavy atom. The van der Waals surface area contributed by atoms with Crippen LogP contribution in [0.5, 0.6) is 0 Å². The summed E-state index contributed by atoms with van der Waals surface area (Å²) < 4.78 is 0. The van der Waals surface area contributed by atoms with Gasteiger partial charge in [0.2, 0.25) is 5.91 Å². The van der Waals surface area contributed by atoms with Crippen molar-refractivity contribution in [2.75, 3.05) is 7.05 Å². The van der Waals surface area contributed by atoms with Gasteiger partial charge in [0, 0.05) is 7.05 Å². The van der Waals surface area contributed by atoms with Crippen LogP contribution in [0, 0.1) is 0 Å². The topological polar surface area (TPSA) is 70.2 Å². The average Bonchev–Trinajstić information content (AvgIpc) is 2.76. The van der Waals surface area contributed by atoms with E-state index in [4.69, 9.17) is 0 Å². The first-order valence-corrected chi connectivity index (χ1v) is 9.12. The molecule has 0 radical (unpaired) electrons. The summed E-state index contributed by atoms with van der Waals surface area (Å²) in [5, 5.41) is 8.25. The van der Waals surface area contributed by atoms with E-state index in [0.29, 0.717) is 0 Å². The molecule has 0 bridgehead atoms. The first kappa shape index (κ1) is 19.3. The lowest BCUT2D eigenvalue weighted by atomic mass is 9.96. The van der Waals surface area contributed by atoms with E-state index in [9.17, 15) is 9.59 Å². The first-order chi connectivity index (χ1) is 13.7. The monoisotopic (exact) mass is 373 g/mol. The molecule has 5 nitrogen and oxygen atoms in total. The lowest BCUT2D eigenvalue weighted by molar-refractivity contribution is -0.122. The highest BCUT2D eigenvalue weighted by Crippen LogP contribution is 2.26. The summed E-state index contributed by atoms with van der Waals surface area (Å²) in [4.78, 5) is 24.6. The predicted octanol–water partition coefficient (Wildman–Crippen LogP) is 3.56. The minimum atomic E-state index is -0.705. The third-order valence-electron chi connectivity index (χ3n) is 4.46. The lowest BCUT2D eigenvalue weighted by Crippen LogP contribution is -2.45. The Morgan fingerprint density at radius 3 is 1.54 bits per heavy atom. The second-order valence-corrected chi connectivity index (χ2v) is 6.33. The molecule has 0 saturated carbocycles. The van der Waals surface area contributed by atoms with E-state index in [2.05, 4.69) is 16.0 Å². The zero-order valence-electron chi connectivity index (χ0n) is 15.6. The van der Waals surface area contributed by atoms with E-state index >= 15 is 0 Å². The first-order valence-electron chi connectivity index (χ1n) is 9.12. The Kier molecular flexibility index (Phi) is 6.54. The minimum Gasteiger partial charge on any atom is -0.341 e. The Labute approximate surface area is 164 Å². The van der Waals surface area contributed by atoms with Crippen LogP contribution in [-0.2, 0) is 4.79 Å². The van der Waals surface area contributed by atoms with Gasteiger partial charge in [-0.25, -0.2) is 4.79 Å². The maximum Gasteiger partial charge on any atom is 0.321 e. The number of rotatable bonds is 6. The molecule has 1 unspecified atom stereocenters. The molecule has 28 heavy (non-hydrogen) atoms. The molecule has 3 N–H and O–H groups in total. The number of hydrogen-bond acceptors (Lipinski definition) is 3. The standard InChI is InChI=1S/C23H23N3O2/c1-24-23(28)26-22(27)21(19-15-9-4-10-16-19)25-20(17-11-5-2-6-12-17)18-13-7-3-8-14-18/h2-16,20-21,25H,1H3,(H2,24,26,27,28). The number of hydrogen-bond donors (Lipinski definition) is 3. The van der Waals surface area contributed by atoms with E-state index < -0.39 is 18.0 Å². The van der Waals surface area contributed by atoms with Crippen LogP contribution in [-0.4, -0.2) is 19.0 Å². The summed E-state index contributed by atoms with van der Waals surface area (Å²) in [5.74, 6) is -0.414. The summed E-state index contributed by atoms with van der Waals surface area (Å²) in [5.41, 5.74) is 2.84. The fourth-order valence-electron chi connectivity index (χ4n) is 3.06. The van der Waals surface area contributed by atoms with Gasteiger partial charge >= 0.3 is 6.03 Å². The number of carbonyl (C=O) groups excluding carboxylic acids is 2. The van der Waals surface area contributed by atoms with Gasteiger partial charge in [0.15, 0.2) is 0 Å². The van der Waals surface area contributed by atoms with Crippen LogP contribution in [0.4, 0.5) is 4.79 Å². The Balaban J connectivity index is 1.98. The quantitative estimate of drug-likeness (QED) is 0.619. The number of imide groups is 1. The van der Waals surface area contributed by atoms with Gasteiger partial charge in [-0.15, -0.1) is 0 Å². The van der Waals surface area contributed by atoms with Crippen molar-refractivity contribution in [1.82, 2.24) is 16.0 Å². The summed E-state index contributed by atoms with van der Waals surface area (Å²) in [6.45, 7) is 0. The fraction of sp³-hybridized carbons (Fsp3) is 0.130. The third-order valence-corrected chi connectivity index (χ3v) is 4.46. The van der Waals surface area contributed by atoms with Gasteiger partial charge in [-0.3, -0.25) is 15.4 Å². The molecule has 0 aliphatic heterocycles. The zero-order chi connectivity index (χ0) is 19.8. The molecule has 0 aromatic heterocycles. The smallest absolute Gasteiger partial charge is 0.321 e. The highest BCUT2D eigenvalue weighted by atomic mass is 16.2. The predicted molar refractivity (Wildman–Crippen MR) is 110 cm³/mol. The van der Waals surface area contributed by atoms with E-state index in [1.54, 1.807) is 0 Å². The fourth-order valence-corrected chi connectivity index (χ4v) is 3.06. The maximum absolute atomic E-state index is 12.9. The van der Waals surface area contributed by atoms with E-state index in [0.717, 1.165) is 16.7 Å².